The third-order valence-electron chi connectivity index (χ3n) is 5.62. The Labute approximate surface area is 153 Å². The second-order valence-electron chi connectivity index (χ2n) is 7.10. The van der Waals surface area contributed by atoms with Gasteiger partial charge in [0.15, 0.2) is 0 Å². The van der Waals surface area contributed by atoms with Crippen LogP contribution < -0.4 is 4.74 Å². The van der Waals surface area contributed by atoms with Gasteiger partial charge in [-0.1, -0.05) is 35.9 Å². The summed E-state index contributed by atoms with van der Waals surface area (Å²) in [5.74, 6) is 1.57. The summed E-state index contributed by atoms with van der Waals surface area (Å²) in [6.45, 7) is 1.64. The molecule has 1 amide bonds. The van der Waals surface area contributed by atoms with Gasteiger partial charge in [-0.15, -0.1) is 0 Å². The van der Waals surface area contributed by atoms with Gasteiger partial charge in [0.25, 0.3) is 0 Å². The lowest BCUT2D eigenvalue weighted by atomic mass is 9.94. The standard InChI is InChI=1S/C21H22ClNO2/c1-25-19-8-2-15(3-9-19)16-10-13-23(14-16)20(24)21(11-12-21)17-4-6-18(22)7-5-17/h2-9,16H,10-14H2,1H3. The summed E-state index contributed by atoms with van der Waals surface area (Å²) < 4.78 is 5.23. The lowest BCUT2D eigenvalue weighted by molar-refractivity contribution is -0.132. The van der Waals surface area contributed by atoms with Crippen LogP contribution in [0.3, 0.4) is 0 Å². The molecular weight excluding hydrogens is 334 g/mol. The molecule has 2 aliphatic rings. The smallest absolute Gasteiger partial charge is 0.233 e. The van der Waals surface area contributed by atoms with Crippen LogP contribution in [0.4, 0.5) is 0 Å². The molecule has 3 nitrogen and oxygen atoms in total. The number of methoxy groups -OCH3 is 1. The number of hydrogen-bond acceptors (Lipinski definition) is 2. The number of amides is 1. The SMILES string of the molecule is COc1ccc(C2CCN(C(=O)C3(c4ccc(Cl)cc4)CC3)C2)cc1. The maximum atomic E-state index is 13.2. The second kappa shape index (κ2) is 6.38. The van der Waals surface area contributed by atoms with Crippen molar-refractivity contribution in [1.29, 1.82) is 0 Å². The van der Waals surface area contributed by atoms with Crippen LogP contribution in [0.2, 0.25) is 5.02 Å². The summed E-state index contributed by atoms with van der Waals surface area (Å²) in [5.41, 5.74) is 2.08. The predicted octanol–water partition coefficient (Wildman–Crippen LogP) is 4.40. The van der Waals surface area contributed by atoms with E-state index < -0.39 is 0 Å². The third-order valence-corrected chi connectivity index (χ3v) is 5.87. The largest absolute Gasteiger partial charge is 0.497 e. The summed E-state index contributed by atoms with van der Waals surface area (Å²) in [6, 6.07) is 16.0. The zero-order valence-corrected chi connectivity index (χ0v) is 15.1. The summed E-state index contributed by atoms with van der Waals surface area (Å²) in [6.07, 6.45) is 2.91. The van der Waals surface area contributed by atoms with E-state index in [1.165, 1.54) is 5.56 Å². The van der Waals surface area contributed by atoms with Crippen LogP contribution in [0, 0.1) is 0 Å². The molecule has 2 aromatic carbocycles. The van der Waals surface area contributed by atoms with Gasteiger partial charge in [0.2, 0.25) is 5.91 Å². The number of carbonyl (C=O) groups is 1. The van der Waals surface area contributed by atoms with Crippen molar-refractivity contribution in [2.24, 2.45) is 0 Å². The molecule has 1 aliphatic heterocycles. The topological polar surface area (TPSA) is 29.5 Å². The highest BCUT2D eigenvalue weighted by Crippen LogP contribution is 2.50. The molecule has 0 spiro atoms. The number of carbonyl (C=O) groups excluding carboxylic acids is 1. The highest BCUT2D eigenvalue weighted by molar-refractivity contribution is 6.30. The molecule has 4 rings (SSSR count). The van der Waals surface area contributed by atoms with E-state index in [1.807, 2.05) is 36.4 Å². The highest BCUT2D eigenvalue weighted by Gasteiger charge is 2.53. The van der Waals surface area contributed by atoms with Crippen molar-refractivity contribution in [3.63, 3.8) is 0 Å². The maximum absolute atomic E-state index is 13.2. The van der Waals surface area contributed by atoms with Gasteiger partial charge in [-0.05, 0) is 54.7 Å². The fourth-order valence-corrected chi connectivity index (χ4v) is 4.04. The Morgan fingerprint density at radius 1 is 1.12 bits per heavy atom. The number of benzene rings is 2. The van der Waals surface area contributed by atoms with Crippen LogP contribution in [0.1, 0.15) is 36.3 Å². The first-order valence-corrected chi connectivity index (χ1v) is 9.19. The maximum Gasteiger partial charge on any atom is 0.233 e. The molecule has 130 valence electrons. The Morgan fingerprint density at radius 2 is 1.80 bits per heavy atom. The quantitative estimate of drug-likeness (QED) is 0.813. The van der Waals surface area contributed by atoms with Crippen molar-refractivity contribution in [2.75, 3.05) is 20.2 Å². The van der Waals surface area contributed by atoms with Crippen molar-refractivity contribution < 1.29 is 9.53 Å². The van der Waals surface area contributed by atoms with Crippen LogP contribution in [0.25, 0.3) is 0 Å². The third kappa shape index (κ3) is 3.02. The minimum Gasteiger partial charge on any atom is -0.497 e. The summed E-state index contributed by atoms with van der Waals surface area (Å²) in [5, 5.41) is 0.716. The number of rotatable bonds is 4. The fraction of sp³-hybridized carbons (Fsp3) is 0.381. The molecule has 2 fully saturated rings. The first-order chi connectivity index (χ1) is 12.1. The summed E-state index contributed by atoms with van der Waals surface area (Å²) in [7, 11) is 1.68. The molecule has 1 saturated carbocycles. The lowest BCUT2D eigenvalue weighted by Crippen LogP contribution is -2.37. The number of hydrogen-bond donors (Lipinski definition) is 0. The molecule has 0 radical (unpaired) electrons. The van der Waals surface area contributed by atoms with E-state index in [2.05, 4.69) is 17.0 Å². The Kier molecular flexibility index (Phi) is 4.20. The van der Waals surface area contributed by atoms with Gasteiger partial charge in [-0.2, -0.15) is 0 Å². The van der Waals surface area contributed by atoms with E-state index in [0.29, 0.717) is 10.9 Å². The zero-order valence-electron chi connectivity index (χ0n) is 14.4. The molecule has 25 heavy (non-hydrogen) atoms. The lowest BCUT2D eigenvalue weighted by Gasteiger charge is -2.24. The van der Waals surface area contributed by atoms with E-state index in [-0.39, 0.29) is 11.3 Å². The first kappa shape index (κ1) is 16.5. The van der Waals surface area contributed by atoms with Crippen LogP contribution in [0.15, 0.2) is 48.5 Å². The van der Waals surface area contributed by atoms with Gasteiger partial charge in [0.1, 0.15) is 5.75 Å². The van der Waals surface area contributed by atoms with Crippen LogP contribution in [-0.2, 0) is 10.2 Å². The molecule has 0 aromatic heterocycles. The summed E-state index contributed by atoms with van der Waals surface area (Å²) >= 11 is 5.99. The Balaban J connectivity index is 1.47. The molecule has 4 heteroatoms. The van der Waals surface area contributed by atoms with Crippen molar-refractivity contribution in [2.45, 2.75) is 30.6 Å². The van der Waals surface area contributed by atoms with Gasteiger partial charge < -0.3 is 9.64 Å². The molecule has 1 saturated heterocycles. The molecular formula is C21H22ClNO2. The van der Waals surface area contributed by atoms with Gasteiger partial charge in [-0.25, -0.2) is 0 Å². The summed E-state index contributed by atoms with van der Waals surface area (Å²) in [4.78, 5) is 15.2. The van der Waals surface area contributed by atoms with E-state index >= 15 is 0 Å². The van der Waals surface area contributed by atoms with E-state index in [4.69, 9.17) is 16.3 Å². The average Bonchev–Trinajstić information content (AvgIpc) is 3.31. The number of likely N-dealkylation sites (tertiary alicyclic amines) is 1. The number of nitrogens with zero attached hydrogens (tertiary/aromatic N) is 1. The molecule has 1 heterocycles. The van der Waals surface area contributed by atoms with E-state index in [9.17, 15) is 4.79 Å². The minimum atomic E-state index is -0.306. The molecule has 0 N–H and O–H groups in total. The minimum absolute atomic E-state index is 0.283. The second-order valence-corrected chi connectivity index (χ2v) is 7.54. The van der Waals surface area contributed by atoms with E-state index in [0.717, 1.165) is 43.7 Å². The Hall–Kier alpha value is -2.00. The predicted molar refractivity (Wildman–Crippen MR) is 99.3 cm³/mol. The highest BCUT2D eigenvalue weighted by atomic mass is 35.5. The fourth-order valence-electron chi connectivity index (χ4n) is 3.92. The van der Waals surface area contributed by atoms with E-state index in [1.54, 1.807) is 7.11 Å². The molecule has 2 aromatic rings. The van der Waals surface area contributed by atoms with Gasteiger partial charge in [0, 0.05) is 24.0 Å². The monoisotopic (exact) mass is 355 g/mol. The van der Waals surface area contributed by atoms with Crippen LogP contribution in [0.5, 0.6) is 5.75 Å². The van der Waals surface area contributed by atoms with Crippen molar-refractivity contribution in [3.8, 4) is 5.75 Å². The molecule has 1 unspecified atom stereocenters. The number of halogens is 1. The van der Waals surface area contributed by atoms with Crippen molar-refractivity contribution in [3.05, 3.63) is 64.7 Å². The van der Waals surface area contributed by atoms with Crippen LogP contribution >= 0.6 is 11.6 Å². The van der Waals surface area contributed by atoms with Gasteiger partial charge in [-0.3, -0.25) is 4.79 Å². The Morgan fingerprint density at radius 3 is 2.40 bits per heavy atom. The Bertz CT molecular complexity index is 765. The molecule has 0 bridgehead atoms. The molecule has 1 atom stereocenters. The normalized spacial score (nSPS) is 21.2. The van der Waals surface area contributed by atoms with Crippen LogP contribution in [-0.4, -0.2) is 31.0 Å². The van der Waals surface area contributed by atoms with Gasteiger partial charge in [0.05, 0.1) is 12.5 Å². The van der Waals surface area contributed by atoms with Crippen molar-refractivity contribution in [1.82, 2.24) is 4.90 Å². The average molecular weight is 356 g/mol. The molecule has 1 aliphatic carbocycles. The number of ether oxygens (including phenoxy) is 1. The van der Waals surface area contributed by atoms with Gasteiger partial charge >= 0.3 is 0 Å². The van der Waals surface area contributed by atoms with Crippen molar-refractivity contribution >= 4 is 17.5 Å². The first-order valence-electron chi connectivity index (χ1n) is 8.82. The zero-order chi connectivity index (χ0) is 17.4.